The van der Waals surface area contributed by atoms with Crippen molar-refractivity contribution >= 4 is 21.9 Å². The Labute approximate surface area is 82.1 Å². The maximum atomic E-state index is 10.3. The minimum Gasteiger partial charge on any atom is -0.479 e. The van der Waals surface area contributed by atoms with Gasteiger partial charge in [0.1, 0.15) is 6.10 Å². The summed E-state index contributed by atoms with van der Waals surface area (Å²) in [4.78, 5) is 12.9. The molecule has 0 spiro atoms. The second-order valence-corrected chi connectivity index (χ2v) is 3.42. The monoisotopic (exact) mass is 249 g/mol. The van der Waals surface area contributed by atoms with E-state index in [0.717, 1.165) is 0 Å². The first kappa shape index (κ1) is 10.2. The summed E-state index contributed by atoms with van der Waals surface area (Å²) in [5.74, 6) is -1.46. The molecular formula is C7H8BrNO4. The molecule has 0 radical (unpaired) electrons. The van der Waals surface area contributed by atoms with Crippen molar-refractivity contribution in [3.05, 3.63) is 22.4 Å². The third kappa shape index (κ3) is 2.30. The molecule has 2 unspecified atom stereocenters. The van der Waals surface area contributed by atoms with Gasteiger partial charge >= 0.3 is 5.97 Å². The van der Waals surface area contributed by atoms with Crippen LogP contribution in [0.5, 0.6) is 0 Å². The molecule has 1 heterocycles. The molecule has 0 fully saturated rings. The maximum Gasteiger partial charge on any atom is 0.335 e. The van der Waals surface area contributed by atoms with Crippen molar-refractivity contribution in [1.29, 1.82) is 0 Å². The molecule has 0 aliphatic carbocycles. The number of rotatable bonds is 3. The topological polar surface area (TPSA) is 93.6 Å². The van der Waals surface area contributed by atoms with Gasteiger partial charge in [-0.25, -0.2) is 4.79 Å². The lowest BCUT2D eigenvalue weighted by Gasteiger charge is -2.11. The van der Waals surface area contributed by atoms with E-state index in [0.29, 0.717) is 4.47 Å². The number of carboxylic acids is 1. The molecule has 0 saturated heterocycles. The standard InChI is InChI=1S/C7H8BrNO4/c8-3-1-4(9-2-3)5(10)6(11)7(12)13/h1-2,5-6,9-11H,(H,12,13). The average Bonchev–Trinajstić information content (AvgIpc) is 2.49. The van der Waals surface area contributed by atoms with Crippen molar-refractivity contribution < 1.29 is 20.1 Å². The lowest BCUT2D eigenvalue weighted by atomic mass is 10.1. The first-order chi connectivity index (χ1) is 6.02. The minimum atomic E-state index is -1.81. The lowest BCUT2D eigenvalue weighted by molar-refractivity contribution is -0.153. The van der Waals surface area contributed by atoms with Gasteiger partial charge in [-0.15, -0.1) is 0 Å². The summed E-state index contributed by atoms with van der Waals surface area (Å²) >= 11 is 3.12. The summed E-state index contributed by atoms with van der Waals surface area (Å²) < 4.78 is 0.680. The van der Waals surface area contributed by atoms with Gasteiger partial charge in [0.2, 0.25) is 0 Å². The molecule has 6 heteroatoms. The number of aliphatic hydroxyl groups excluding tert-OH is 2. The summed E-state index contributed by atoms with van der Waals surface area (Å²) in [5.41, 5.74) is 0.252. The van der Waals surface area contributed by atoms with Crippen LogP contribution in [0.1, 0.15) is 11.8 Å². The Hall–Kier alpha value is -0.850. The number of aromatic nitrogens is 1. The molecule has 1 aromatic heterocycles. The SMILES string of the molecule is O=C(O)C(O)C(O)c1cc(Br)c[nH]1. The second-order valence-electron chi connectivity index (χ2n) is 2.50. The smallest absolute Gasteiger partial charge is 0.335 e. The zero-order valence-electron chi connectivity index (χ0n) is 6.44. The summed E-state index contributed by atoms with van der Waals surface area (Å²) in [5, 5.41) is 26.6. The largest absolute Gasteiger partial charge is 0.479 e. The van der Waals surface area contributed by atoms with E-state index >= 15 is 0 Å². The van der Waals surface area contributed by atoms with Gasteiger partial charge in [0.25, 0.3) is 0 Å². The highest BCUT2D eigenvalue weighted by Gasteiger charge is 2.25. The number of hydrogen-bond acceptors (Lipinski definition) is 3. The molecular weight excluding hydrogens is 242 g/mol. The number of nitrogens with one attached hydrogen (secondary N) is 1. The van der Waals surface area contributed by atoms with E-state index < -0.39 is 18.2 Å². The second kappa shape index (κ2) is 3.91. The lowest BCUT2D eigenvalue weighted by Crippen LogP contribution is -2.27. The van der Waals surface area contributed by atoms with Gasteiger partial charge < -0.3 is 20.3 Å². The fourth-order valence-electron chi connectivity index (χ4n) is 0.860. The molecule has 2 atom stereocenters. The number of hydrogen-bond donors (Lipinski definition) is 4. The highest BCUT2D eigenvalue weighted by molar-refractivity contribution is 9.10. The Morgan fingerprint density at radius 2 is 2.15 bits per heavy atom. The molecule has 1 rings (SSSR count). The van der Waals surface area contributed by atoms with Crippen molar-refractivity contribution in [1.82, 2.24) is 4.98 Å². The third-order valence-electron chi connectivity index (χ3n) is 1.54. The third-order valence-corrected chi connectivity index (χ3v) is 2.00. The van der Waals surface area contributed by atoms with E-state index in [2.05, 4.69) is 20.9 Å². The first-order valence-corrected chi connectivity index (χ1v) is 4.24. The summed E-state index contributed by atoms with van der Waals surface area (Å²) in [7, 11) is 0. The summed E-state index contributed by atoms with van der Waals surface area (Å²) in [6, 6.07) is 1.50. The van der Waals surface area contributed by atoms with Gasteiger partial charge in [0.05, 0.1) is 0 Å². The molecule has 72 valence electrons. The Kier molecular flexibility index (Phi) is 3.07. The van der Waals surface area contributed by atoms with Gasteiger partial charge in [0, 0.05) is 16.4 Å². The van der Waals surface area contributed by atoms with Crippen molar-refractivity contribution in [3.8, 4) is 0 Å². The molecule has 1 aromatic rings. The molecule has 0 aliphatic heterocycles. The molecule has 0 saturated carbocycles. The van der Waals surface area contributed by atoms with Crippen molar-refractivity contribution in [2.24, 2.45) is 0 Å². The fraction of sp³-hybridized carbons (Fsp3) is 0.286. The highest BCUT2D eigenvalue weighted by atomic mass is 79.9. The molecule has 5 nitrogen and oxygen atoms in total. The van der Waals surface area contributed by atoms with Crippen LogP contribution >= 0.6 is 15.9 Å². The Morgan fingerprint density at radius 3 is 2.54 bits per heavy atom. The van der Waals surface area contributed by atoms with E-state index in [1.165, 1.54) is 12.3 Å². The fourth-order valence-corrected chi connectivity index (χ4v) is 1.22. The van der Waals surface area contributed by atoms with Gasteiger partial charge in [-0.2, -0.15) is 0 Å². The van der Waals surface area contributed by atoms with E-state index in [1.54, 1.807) is 0 Å². The molecule has 0 aromatic carbocycles. The Bertz CT molecular complexity index is 311. The number of H-pyrrole nitrogens is 1. The van der Waals surface area contributed by atoms with E-state index in [-0.39, 0.29) is 5.69 Å². The van der Waals surface area contributed by atoms with Crippen LogP contribution in [-0.2, 0) is 4.79 Å². The number of aliphatic hydroxyl groups is 2. The van der Waals surface area contributed by atoms with Crippen LogP contribution < -0.4 is 0 Å². The maximum absolute atomic E-state index is 10.3. The van der Waals surface area contributed by atoms with Crippen LogP contribution in [0.3, 0.4) is 0 Å². The van der Waals surface area contributed by atoms with Crippen molar-refractivity contribution in [2.45, 2.75) is 12.2 Å². The van der Waals surface area contributed by atoms with E-state index in [1.807, 2.05) is 0 Å². The minimum absolute atomic E-state index is 0.252. The number of carbonyl (C=O) groups is 1. The molecule has 13 heavy (non-hydrogen) atoms. The van der Waals surface area contributed by atoms with Crippen molar-refractivity contribution in [2.75, 3.05) is 0 Å². The van der Waals surface area contributed by atoms with E-state index in [4.69, 9.17) is 10.2 Å². The molecule has 0 aliphatic rings. The van der Waals surface area contributed by atoms with Crippen LogP contribution in [0.25, 0.3) is 0 Å². The van der Waals surface area contributed by atoms with Crippen LogP contribution in [0.4, 0.5) is 0 Å². The normalized spacial score (nSPS) is 15.3. The predicted octanol–water partition coefficient (Wildman–Crippen LogP) is 0.256. The Balaban J connectivity index is 2.78. The number of halogens is 1. The zero-order valence-corrected chi connectivity index (χ0v) is 8.02. The van der Waals surface area contributed by atoms with Crippen LogP contribution in [-0.4, -0.2) is 32.4 Å². The van der Waals surface area contributed by atoms with Gasteiger partial charge in [-0.05, 0) is 22.0 Å². The average molecular weight is 250 g/mol. The van der Waals surface area contributed by atoms with Crippen LogP contribution in [0, 0.1) is 0 Å². The van der Waals surface area contributed by atoms with Crippen LogP contribution in [0.2, 0.25) is 0 Å². The molecule has 0 bridgehead atoms. The number of aliphatic carboxylic acids is 1. The summed E-state index contributed by atoms with van der Waals surface area (Å²) in [6.07, 6.45) is -1.72. The van der Waals surface area contributed by atoms with Gasteiger partial charge in [0.15, 0.2) is 6.10 Å². The van der Waals surface area contributed by atoms with Gasteiger partial charge in [-0.3, -0.25) is 0 Å². The summed E-state index contributed by atoms with van der Waals surface area (Å²) in [6.45, 7) is 0. The quantitative estimate of drug-likeness (QED) is 0.618. The predicted molar refractivity (Wildman–Crippen MR) is 47.1 cm³/mol. The first-order valence-electron chi connectivity index (χ1n) is 3.45. The highest BCUT2D eigenvalue weighted by Crippen LogP contribution is 2.19. The zero-order chi connectivity index (χ0) is 10.0. The molecule has 0 amide bonds. The number of aromatic amines is 1. The van der Waals surface area contributed by atoms with Crippen molar-refractivity contribution in [3.63, 3.8) is 0 Å². The number of carboxylic acid groups (broad SMARTS) is 1. The van der Waals surface area contributed by atoms with E-state index in [9.17, 15) is 9.90 Å². The van der Waals surface area contributed by atoms with Crippen LogP contribution in [0.15, 0.2) is 16.7 Å². The molecule has 4 N–H and O–H groups in total. The van der Waals surface area contributed by atoms with Gasteiger partial charge in [-0.1, -0.05) is 0 Å². The Morgan fingerprint density at radius 1 is 1.54 bits per heavy atom.